The fourth-order valence-electron chi connectivity index (χ4n) is 1.40. The Balaban J connectivity index is 3.34. The summed E-state index contributed by atoms with van der Waals surface area (Å²) in [7, 11) is 1.47. The molecule has 1 aromatic rings. The molecule has 4 heteroatoms. The number of nitrogens with zero attached hydrogens (tertiary/aromatic N) is 1. The van der Waals surface area contributed by atoms with Crippen LogP contribution < -0.4 is 0 Å². The summed E-state index contributed by atoms with van der Waals surface area (Å²) in [4.78, 5) is 3.85. The predicted molar refractivity (Wildman–Crippen MR) is 58.7 cm³/mol. The van der Waals surface area contributed by atoms with Crippen molar-refractivity contribution in [1.29, 1.82) is 0 Å². The lowest BCUT2D eigenvalue weighted by Gasteiger charge is -2.12. The number of alkyl halides is 3. The Bertz CT molecular complexity index is 417. The first-order valence-corrected chi connectivity index (χ1v) is 4.76. The molecule has 86 valence electrons. The first-order valence-electron chi connectivity index (χ1n) is 4.76. The Hall–Kier alpha value is -1.58. The third kappa shape index (κ3) is 2.72. The van der Waals surface area contributed by atoms with Crippen LogP contribution in [0.15, 0.2) is 41.4 Å². The topological polar surface area (TPSA) is 12.4 Å². The quantitative estimate of drug-likeness (QED) is 0.683. The molecule has 0 radical (unpaired) electrons. The molecule has 0 fully saturated rings. The van der Waals surface area contributed by atoms with Gasteiger partial charge in [-0.1, -0.05) is 24.3 Å². The summed E-state index contributed by atoms with van der Waals surface area (Å²) in [5, 5.41) is 0. The summed E-state index contributed by atoms with van der Waals surface area (Å²) in [6.45, 7) is 1.74. The molecule has 0 unspecified atom stereocenters. The first-order chi connectivity index (χ1) is 7.50. The average Bonchev–Trinajstić information content (AvgIpc) is 2.25. The highest BCUT2D eigenvalue weighted by atomic mass is 19.4. The van der Waals surface area contributed by atoms with Gasteiger partial charge in [0.15, 0.2) is 0 Å². The van der Waals surface area contributed by atoms with Gasteiger partial charge in [-0.2, -0.15) is 13.2 Å². The van der Waals surface area contributed by atoms with Crippen molar-refractivity contribution >= 4 is 5.71 Å². The predicted octanol–water partition coefficient (Wildman–Crippen LogP) is 3.70. The standard InChI is InChI=1S/C12H12F3N/c1-3-6-11(16-2)9-7-4-5-8-10(9)12(13,14)15/h3-8H,1-2H3/b6-3-,16-11+. The lowest BCUT2D eigenvalue weighted by molar-refractivity contribution is -0.137. The van der Waals surface area contributed by atoms with Gasteiger partial charge in [-0.25, -0.2) is 0 Å². The minimum absolute atomic E-state index is 0.107. The summed E-state index contributed by atoms with van der Waals surface area (Å²) in [6.07, 6.45) is -1.13. The van der Waals surface area contributed by atoms with Gasteiger partial charge in [0.05, 0.1) is 11.3 Å². The zero-order valence-corrected chi connectivity index (χ0v) is 9.05. The summed E-state index contributed by atoms with van der Waals surface area (Å²) in [6, 6.07) is 5.42. The zero-order valence-electron chi connectivity index (χ0n) is 9.05. The van der Waals surface area contributed by atoms with Gasteiger partial charge in [0, 0.05) is 12.6 Å². The first kappa shape index (κ1) is 12.5. The van der Waals surface area contributed by atoms with Crippen LogP contribution in [0.2, 0.25) is 0 Å². The molecule has 0 amide bonds. The van der Waals surface area contributed by atoms with Gasteiger partial charge in [-0.15, -0.1) is 0 Å². The smallest absolute Gasteiger partial charge is 0.288 e. The van der Waals surface area contributed by atoms with E-state index < -0.39 is 11.7 Å². The highest BCUT2D eigenvalue weighted by Gasteiger charge is 2.33. The number of halogens is 3. The zero-order chi connectivity index (χ0) is 12.2. The fraction of sp³-hybridized carbons (Fsp3) is 0.250. The van der Waals surface area contributed by atoms with Crippen molar-refractivity contribution in [1.82, 2.24) is 0 Å². The molecule has 0 spiro atoms. The van der Waals surface area contributed by atoms with Crippen LogP contribution in [0, 0.1) is 0 Å². The molecule has 0 aliphatic rings. The third-order valence-electron chi connectivity index (χ3n) is 2.07. The van der Waals surface area contributed by atoms with E-state index in [-0.39, 0.29) is 5.56 Å². The van der Waals surface area contributed by atoms with Gasteiger partial charge in [-0.3, -0.25) is 4.99 Å². The minimum atomic E-state index is -4.35. The number of aliphatic imine (C=N–C) groups is 1. The summed E-state index contributed by atoms with van der Waals surface area (Å²) in [5.74, 6) is 0. The molecule has 0 N–H and O–H groups in total. The summed E-state index contributed by atoms with van der Waals surface area (Å²) in [5.41, 5.74) is -0.222. The van der Waals surface area contributed by atoms with Crippen LogP contribution >= 0.6 is 0 Å². The third-order valence-corrected chi connectivity index (χ3v) is 2.07. The Kier molecular flexibility index (Phi) is 3.88. The molecular weight excluding hydrogens is 215 g/mol. The molecule has 16 heavy (non-hydrogen) atoms. The highest BCUT2D eigenvalue weighted by Crippen LogP contribution is 2.32. The van der Waals surface area contributed by atoms with Crippen molar-refractivity contribution in [3.05, 3.63) is 47.5 Å². The fourth-order valence-corrected chi connectivity index (χ4v) is 1.40. The number of hydrogen-bond donors (Lipinski definition) is 0. The largest absolute Gasteiger partial charge is 0.417 e. The molecule has 0 aromatic heterocycles. The van der Waals surface area contributed by atoms with Crippen molar-refractivity contribution < 1.29 is 13.2 Å². The Morgan fingerprint density at radius 3 is 2.38 bits per heavy atom. The monoisotopic (exact) mass is 227 g/mol. The second kappa shape index (κ2) is 4.96. The van der Waals surface area contributed by atoms with Crippen LogP contribution in [-0.4, -0.2) is 12.8 Å². The van der Waals surface area contributed by atoms with E-state index in [1.54, 1.807) is 25.1 Å². The van der Waals surface area contributed by atoms with E-state index in [0.717, 1.165) is 6.07 Å². The van der Waals surface area contributed by atoms with E-state index in [0.29, 0.717) is 5.71 Å². The number of hydrogen-bond acceptors (Lipinski definition) is 1. The molecule has 1 nitrogen and oxygen atoms in total. The Morgan fingerprint density at radius 2 is 1.88 bits per heavy atom. The molecular formula is C12H12F3N. The minimum Gasteiger partial charge on any atom is -0.288 e. The maximum Gasteiger partial charge on any atom is 0.417 e. The van der Waals surface area contributed by atoms with E-state index >= 15 is 0 Å². The SMILES string of the molecule is C/C=C\C(=N/C)c1ccccc1C(F)(F)F. The van der Waals surface area contributed by atoms with Crippen molar-refractivity contribution in [3.8, 4) is 0 Å². The Morgan fingerprint density at radius 1 is 1.25 bits per heavy atom. The normalized spacial score (nSPS) is 13.4. The van der Waals surface area contributed by atoms with E-state index in [4.69, 9.17) is 0 Å². The van der Waals surface area contributed by atoms with E-state index in [1.165, 1.54) is 19.2 Å². The molecule has 0 aliphatic carbocycles. The van der Waals surface area contributed by atoms with Crippen LogP contribution in [0.1, 0.15) is 18.1 Å². The molecule has 0 heterocycles. The van der Waals surface area contributed by atoms with Crippen molar-refractivity contribution in [2.45, 2.75) is 13.1 Å². The number of allylic oxidation sites excluding steroid dienone is 2. The second-order valence-electron chi connectivity index (χ2n) is 3.15. The van der Waals surface area contributed by atoms with Gasteiger partial charge < -0.3 is 0 Å². The van der Waals surface area contributed by atoms with Crippen LogP contribution in [0.4, 0.5) is 13.2 Å². The molecule has 0 atom stereocenters. The molecule has 0 bridgehead atoms. The van der Waals surface area contributed by atoms with Gasteiger partial charge in [-0.05, 0) is 19.1 Å². The van der Waals surface area contributed by atoms with E-state index in [9.17, 15) is 13.2 Å². The van der Waals surface area contributed by atoms with Crippen molar-refractivity contribution in [2.75, 3.05) is 7.05 Å². The Labute approximate surface area is 92.3 Å². The van der Waals surface area contributed by atoms with Gasteiger partial charge in [0.1, 0.15) is 0 Å². The molecule has 0 saturated heterocycles. The maximum atomic E-state index is 12.7. The lowest BCUT2D eigenvalue weighted by Crippen LogP contribution is -2.12. The van der Waals surface area contributed by atoms with E-state index in [2.05, 4.69) is 4.99 Å². The van der Waals surface area contributed by atoms with Crippen molar-refractivity contribution in [2.24, 2.45) is 4.99 Å². The molecule has 0 aliphatic heterocycles. The molecule has 0 saturated carbocycles. The van der Waals surface area contributed by atoms with Crippen LogP contribution in [-0.2, 0) is 6.18 Å². The van der Waals surface area contributed by atoms with E-state index in [1.807, 2.05) is 0 Å². The lowest BCUT2D eigenvalue weighted by atomic mass is 10.0. The van der Waals surface area contributed by atoms with Crippen LogP contribution in [0.5, 0.6) is 0 Å². The number of rotatable bonds is 2. The van der Waals surface area contributed by atoms with Gasteiger partial charge in [0.25, 0.3) is 0 Å². The number of benzene rings is 1. The highest BCUT2D eigenvalue weighted by molar-refractivity contribution is 6.09. The molecule has 1 aromatic carbocycles. The summed E-state index contributed by atoms with van der Waals surface area (Å²) >= 11 is 0. The van der Waals surface area contributed by atoms with Crippen LogP contribution in [0.25, 0.3) is 0 Å². The van der Waals surface area contributed by atoms with Gasteiger partial charge >= 0.3 is 6.18 Å². The summed E-state index contributed by atoms with van der Waals surface area (Å²) < 4.78 is 38.1. The van der Waals surface area contributed by atoms with Gasteiger partial charge in [0.2, 0.25) is 0 Å². The second-order valence-corrected chi connectivity index (χ2v) is 3.15. The maximum absolute atomic E-state index is 12.7. The molecule has 1 rings (SSSR count). The van der Waals surface area contributed by atoms with Crippen molar-refractivity contribution in [3.63, 3.8) is 0 Å². The average molecular weight is 227 g/mol. The van der Waals surface area contributed by atoms with Crippen LogP contribution in [0.3, 0.4) is 0 Å².